The zero-order valence-corrected chi connectivity index (χ0v) is 18.9. The van der Waals surface area contributed by atoms with Crippen molar-refractivity contribution in [2.45, 2.75) is 39.2 Å². The Morgan fingerprint density at radius 1 is 1.03 bits per heavy atom. The van der Waals surface area contributed by atoms with Crippen LogP contribution in [-0.2, 0) is 20.7 Å². The van der Waals surface area contributed by atoms with Crippen LogP contribution < -0.4 is 14.2 Å². The summed E-state index contributed by atoms with van der Waals surface area (Å²) in [6.07, 6.45) is 3.94. The molecule has 7 heteroatoms. The Bertz CT molecular complexity index is 930. The highest BCUT2D eigenvalue weighted by Gasteiger charge is 2.31. The molecule has 0 aliphatic rings. The number of benzene rings is 2. The summed E-state index contributed by atoms with van der Waals surface area (Å²) in [5.74, 6) is 0.135. The predicted octanol–water partition coefficient (Wildman–Crippen LogP) is 4.53. The highest BCUT2D eigenvalue weighted by Crippen LogP contribution is 2.28. The van der Waals surface area contributed by atoms with E-state index in [2.05, 4.69) is 6.92 Å². The first kappa shape index (κ1) is 24.8. The van der Waals surface area contributed by atoms with Gasteiger partial charge < -0.3 is 24.1 Å². The van der Waals surface area contributed by atoms with Crippen LogP contribution in [0.2, 0.25) is 0 Å². The van der Waals surface area contributed by atoms with Crippen LogP contribution in [0.4, 0.5) is 0 Å². The lowest BCUT2D eigenvalue weighted by Gasteiger charge is -2.24. The second-order valence-corrected chi connectivity index (χ2v) is 7.53. The normalized spacial score (nSPS) is 11.2. The molecule has 172 valence electrons. The number of carbonyl (C=O) groups excluding carboxylic acids is 1. The number of carboxylic acid groups (broad SMARTS) is 1. The Labute approximate surface area is 188 Å². The molecular formula is C25H30O7. The molecule has 32 heavy (non-hydrogen) atoms. The van der Waals surface area contributed by atoms with Gasteiger partial charge in [-0.15, -0.1) is 0 Å². The van der Waals surface area contributed by atoms with Gasteiger partial charge in [-0.2, -0.15) is 0 Å². The van der Waals surface area contributed by atoms with Crippen molar-refractivity contribution in [3.8, 4) is 17.2 Å². The quantitative estimate of drug-likeness (QED) is 0.293. The number of rotatable bonds is 12. The van der Waals surface area contributed by atoms with Gasteiger partial charge in [0.15, 0.2) is 17.1 Å². The number of methoxy groups -OCH3 is 1. The summed E-state index contributed by atoms with van der Waals surface area (Å²) in [4.78, 5) is 23.1. The average molecular weight is 443 g/mol. The topological polar surface area (TPSA) is 91.3 Å². The molecule has 0 radical (unpaired) electrons. The van der Waals surface area contributed by atoms with E-state index >= 15 is 0 Å². The van der Waals surface area contributed by atoms with Gasteiger partial charge in [0.05, 0.1) is 20.3 Å². The Morgan fingerprint density at radius 2 is 1.75 bits per heavy atom. The average Bonchev–Trinajstić information content (AvgIpc) is 2.77. The van der Waals surface area contributed by atoms with E-state index in [0.29, 0.717) is 35.8 Å². The highest BCUT2D eigenvalue weighted by molar-refractivity contribution is 5.85. The van der Waals surface area contributed by atoms with Gasteiger partial charge in [-0.1, -0.05) is 25.1 Å². The van der Waals surface area contributed by atoms with E-state index in [1.165, 1.54) is 18.7 Å². The number of carbonyl (C=O) groups is 2. The van der Waals surface area contributed by atoms with Gasteiger partial charge in [0.1, 0.15) is 5.75 Å². The highest BCUT2D eigenvalue weighted by atomic mass is 16.6. The lowest BCUT2D eigenvalue weighted by Crippen LogP contribution is -2.40. The summed E-state index contributed by atoms with van der Waals surface area (Å²) in [6.45, 7) is 5.91. The summed E-state index contributed by atoms with van der Waals surface area (Å²) in [6, 6.07) is 12.7. The van der Waals surface area contributed by atoms with Crippen molar-refractivity contribution >= 4 is 18.0 Å². The van der Waals surface area contributed by atoms with Gasteiger partial charge in [0, 0.05) is 12.5 Å². The summed E-state index contributed by atoms with van der Waals surface area (Å²) >= 11 is 0. The monoisotopic (exact) mass is 442 g/mol. The number of hydrogen-bond donors (Lipinski definition) is 1. The standard InChI is InChI=1S/C25H30O7/c1-5-18-7-11-20(12-8-18)32-25(2,3)24(28)31-16-6-15-30-21-13-9-19(10-14-23(26)27)17-22(21)29-4/h7-14,17H,5-6,15-16H2,1-4H3,(H,26,27)/b14-10+. The molecule has 0 bridgehead atoms. The molecule has 2 rings (SSSR count). The Hall–Kier alpha value is -3.48. The van der Waals surface area contributed by atoms with E-state index in [1.54, 1.807) is 32.0 Å². The maximum absolute atomic E-state index is 12.4. The van der Waals surface area contributed by atoms with Gasteiger partial charge in [-0.3, -0.25) is 0 Å². The van der Waals surface area contributed by atoms with Crippen LogP contribution in [0, 0.1) is 0 Å². The van der Waals surface area contributed by atoms with Crippen molar-refractivity contribution in [3.05, 3.63) is 59.7 Å². The fourth-order valence-corrected chi connectivity index (χ4v) is 2.78. The molecule has 0 saturated heterocycles. The number of aliphatic carboxylic acids is 1. The molecule has 0 saturated carbocycles. The molecule has 0 aliphatic carbocycles. The first-order valence-corrected chi connectivity index (χ1v) is 10.4. The molecule has 0 aliphatic heterocycles. The summed E-state index contributed by atoms with van der Waals surface area (Å²) in [7, 11) is 1.51. The van der Waals surface area contributed by atoms with Crippen molar-refractivity contribution in [3.63, 3.8) is 0 Å². The van der Waals surface area contributed by atoms with Gasteiger partial charge in [0.2, 0.25) is 0 Å². The van der Waals surface area contributed by atoms with Crippen molar-refractivity contribution < 1.29 is 33.6 Å². The van der Waals surface area contributed by atoms with Crippen LogP contribution >= 0.6 is 0 Å². The SMILES string of the molecule is CCc1ccc(OC(C)(C)C(=O)OCCCOc2ccc(/C=C/C(=O)O)cc2OC)cc1. The summed E-state index contributed by atoms with van der Waals surface area (Å²) in [5.41, 5.74) is 0.759. The number of ether oxygens (including phenoxy) is 4. The third-order valence-corrected chi connectivity index (χ3v) is 4.58. The second-order valence-electron chi connectivity index (χ2n) is 7.53. The van der Waals surface area contributed by atoms with E-state index < -0.39 is 17.5 Å². The van der Waals surface area contributed by atoms with E-state index in [9.17, 15) is 9.59 Å². The largest absolute Gasteiger partial charge is 0.493 e. The first-order chi connectivity index (χ1) is 15.2. The van der Waals surface area contributed by atoms with Gasteiger partial charge in [0.25, 0.3) is 0 Å². The Morgan fingerprint density at radius 3 is 2.38 bits per heavy atom. The Kier molecular flexibility index (Phi) is 9.13. The third-order valence-electron chi connectivity index (χ3n) is 4.58. The maximum atomic E-state index is 12.4. The fourth-order valence-electron chi connectivity index (χ4n) is 2.78. The van der Waals surface area contributed by atoms with Crippen LogP contribution in [0.5, 0.6) is 17.2 Å². The fraction of sp³-hybridized carbons (Fsp3) is 0.360. The molecule has 0 aromatic heterocycles. The van der Waals surface area contributed by atoms with E-state index in [4.69, 9.17) is 24.1 Å². The second kappa shape index (κ2) is 11.8. The lowest BCUT2D eigenvalue weighted by atomic mass is 10.1. The van der Waals surface area contributed by atoms with E-state index in [-0.39, 0.29) is 6.61 Å². The number of esters is 1. The van der Waals surface area contributed by atoms with E-state index in [0.717, 1.165) is 12.5 Å². The minimum absolute atomic E-state index is 0.183. The molecule has 2 aromatic carbocycles. The third kappa shape index (κ3) is 7.65. The molecule has 0 spiro atoms. The molecule has 7 nitrogen and oxygen atoms in total. The lowest BCUT2D eigenvalue weighted by molar-refractivity contribution is -0.159. The summed E-state index contributed by atoms with van der Waals surface area (Å²) < 4.78 is 22.2. The van der Waals surface area contributed by atoms with Crippen LogP contribution in [-0.4, -0.2) is 43.0 Å². The zero-order valence-electron chi connectivity index (χ0n) is 18.9. The maximum Gasteiger partial charge on any atom is 0.349 e. The van der Waals surface area contributed by atoms with Crippen molar-refractivity contribution in [1.82, 2.24) is 0 Å². The van der Waals surface area contributed by atoms with Gasteiger partial charge in [-0.05, 0) is 61.7 Å². The molecule has 0 fully saturated rings. The van der Waals surface area contributed by atoms with Crippen LogP contribution in [0.3, 0.4) is 0 Å². The minimum Gasteiger partial charge on any atom is -0.493 e. The molecule has 0 unspecified atom stereocenters. The molecule has 1 N–H and O–H groups in total. The number of hydrogen-bond acceptors (Lipinski definition) is 6. The van der Waals surface area contributed by atoms with Crippen molar-refractivity contribution in [2.75, 3.05) is 20.3 Å². The molecular weight excluding hydrogens is 412 g/mol. The first-order valence-electron chi connectivity index (χ1n) is 10.4. The zero-order chi connectivity index (χ0) is 23.6. The van der Waals surface area contributed by atoms with Crippen LogP contribution in [0.15, 0.2) is 48.5 Å². The van der Waals surface area contributed by atoms with Crippen molar-refractivity contribution in [2.24, 2.45) is 0 Å². The van der Waals surface area contributed by atoms with E-state index in [1.807, 2.05) is 24.3 Å². The molecule has 0 amide bonds. The van der Waals surface area contributed by atoms with Crippen LogP contribution in [0.1, 0.15) is 38.3 Å². The predicted molar refractivity (Wildman–Crippen MR) is 121 cm³/mol. The van der Waals surface area contributed by atoms with Gasteiger partial charge in [-0.25, -0.2) is 9.59 Å². The summed E-state index contributed by atoms with van der Waals surface area (Å²) in [5, 5.41) is 8.72. The van der Waals surface area contributed by atoms with Crippen LogP contribution in [0.25, 0.3) is 6.08 Å². The smallest absolute Gasteiger partial charge is 0.349 e. The number of carboxylic acids is 1. The molecule has 2 aromatic rings. The van der Waals surface area contributed by atoms with Crippen molar-refractivity contribution in [1.29, 1.82) is 0 Å². The van der Waals surface area contributed by atoms with Gasteiger partial charge >= 0.3 is 11.9 Å². The molecule has 0 atom stereocenters. The Balaban J connectivity index is 1.79. The minimum atomic E-state index is -1.11. The molecule has 0 heterocycles. The number of aryl methyl sites for hydroxylation is 1.